The lowest BCUT2D eigenvalue weighted by molar-refractivity contribution is 0.00571. The van der Waals surface area contributed by atoms with Gasteiger partial charge < -0.3 is 14.6 Å². The van der Waals surface area contributed by atoms with Gasteiger partial charge in [0.2, 0.25) is 0 Å². The van der Waals surface area contributed by atoms with Crippen LogP contribution in [0.1, 0.15) is 87.2 Å². The Morgan fingerprint density at radius 1 is 1.37 bits per heavy atom. The summed E-state index contributed by atoms with van der Waals surface area (Å²) in [4.78, 5) is 12.7. The Hall–Kier alpha value is -1.97. The summed E-state index contributed by atoms with van der Waals surface area (Å²) in [6, 6.07) is 1.77. The van der Waals surface area contributed by atoms with Gasteiger partial charge in [-0.05, 0) is 58.1 Å². The molecule has 3 rings (SSSR count). The molecule has 1 heterocycles. The molecule has 1 aromatic carbocycles. The van der Waals surface area contributed by atoms with E-state index in [0.29, 0.717) is 11.3 Å². The second kappa shape index (κ2) is 7.57. The van der Waals surface area contributed by atoms with E-state index in [9.17, 15) is 9.90 Å². The minimum atomic E-state index is -0.411. The number of aryl methyl sites for hydroxylation is 1. The van der Waals surface area contributed by atoms with Crippen molar-refractivity contribution >= 4 is 5.97 Å². The van der Waals surface area contributed by atoms with Crippen LogP contribution in [0.3, 0.4) is 0 Å². The molecule has 2 atom stereocenters. The van der Waals surface area contributed by atoms with Crippen molar-refractivity contribution in [3.05, 3.63) is 34.4 Å². The van der Waals surface area contributed by atoms with Crippen molar-refractivity contribution < 1.29 is 19.4 Å². The van der Waals surface area contributed by atoms with Crippen LogP contribution in [0.2, 0.25) is 0 Å². The van der Waals surface area contributed by atoms with Crippen molar-refractivity contribution in [2.24, 2.45) is 5.92 Å². The fraction of sp³-hybridized carbons (Fsp3) is 0.609. The maximum atomic E-state index is 12.7. The number of carbonyl (C=O) groups excluding carboxylic acids is 1. The van der Waals surface area contributed by atoms with Crippen LogP contribution < -0.4 is 4.74 Å². The van der Waals surface area contributed by atoms with E-state index in [1.807, 2.05) is 0 Å². The first-order valence-electron chi connectivity index (χ1n) is 10.1. The molecule has 1 N–H and O–H groups in total. The molecule has 0 saturated heterocycles. The standard InChI is InChI=1S/C23H32O4/c1-6-7-8-9-15-13-18(24)20-16-12-14(2)10-11-17(16)23(3,4)27-21(20)19(15)22(25)26-5/h10,13,16-17,24H,6-9,11-12H2,1-5H3/t16-,17-/m1/s1. The van der Waals surface area contributed by atoms with Gasteiger partial charge in [0.25, 0.3) is 0 Å². The molecule has 1 aliphatic heterocycles. The van der Waals surface area contributed by atoms with Gasteiger partial charge in [-0.25, -0.2) is 4.79 Å². The summed E-state index contributed by atoms with van der Waals surface area (Å²) in [5, 5.41) is 10.9. The van der Waals surface area contributed by atoms with E-state index >= 15 is 0 Å². The Bertz CT molecular complexity index is 760. The fourth-order valence-corrected chi connectivity index (χ4v) is 4.74. The Balaban J connectivity index is 2.17. The number of aromatic hydroxyl groups is 1. The molecule has 0 bridgehead atoms. The SMILES string of the molecule is CCCCCc1cc(O)c2c(c1C(=O)OC)OC(C)(C)[C@@H]1CC=C(C)C[C@@H]21. The monoisotopic (exact) mass is 372 g/mol. The summed E-state index contributed by atoms with van der Waals surface area (Å²) in [5.74, 6) is 0.839. The highest BCUT2D eigenvalue weighted by Crippen LogP contribution is 2.55. The summed E-state index contributed by atoms with van der Waals surface area (Å²) in [7, 11) is 1.40. The number of esters is 1. The zero-order valence-corrected chi connectivity index (χ0v) is 17.2. The Morgan fingerprint density at radius 2 is 2.11 bits per heavy atom. The Kier molecular flexibility index (Phi) is 5.55. The number of ether oxygens (including phenoxy) is 2. The van der Waals surface area contributed by atoms with E-state index in [-0.39, 0.29) is 23.6 Å². The molecule has 148 valence electrons. The molecule has 0 saturated carbocycles. The van der Waals surface area contributed by atoms with Crippen LogP contribution in [0.4, 0.5) is 0 Å². The summed E-state index contributed by atoms with van der Waals surface area (Å²) in [6.07, 6.45) is 7.96. The zero-order chi connectivity index (χ0) is 19.8. The maximum Gasteiger partial charge on any atom is 0.341 e. The Morgan fingerprint density at radius 3 is 2.78 bits per heavy atom. The third-order valence-electron chi connectivity index (χ3n) is 6.20. The van der Waals surface area contributed by atoms with Crippen molar-refractivity contribution in [3.63, 3.8) is 0 Å². The number of unbranched alkanes of at least 4 members (excludes halogenated alkanes) is 2. The van der Waals surface area contributed by atoms with Gasteiger partial charge in [-0.3, -0.25) is 0 Å². The smallest absolute Gasteiger partial charge is 0.341 e. The third-order valence-corrected chi connectivity index (χ3v) is 6.20. The lowest BCUT2D eigenvalue weighted by Gasteiger charge is -2.47. The predicted octanol–water partition coefficient (Wildman–Crippen LogP) is 5.52. The van der Waals surface area contributed by atoms with Gasteiger partial charge in [0.1, 0.15) is 22.7 Å². The van der Waals surface area contributed by atoms with E-state index < -0.39 is 5.60 Å². The van der Waals surface area contributed by atoms with Crippen LogP contribution in [0, 0.1) is 5.92 Å². The minimum Gasteiger partial charge on any atom is -0.508 e. The highest BCUT2D eigenvalue weighted by atomic mass is 16.5. The van der Waals surface area contributed by atoms with Crippen LogP contribution in [0.5, 0.6) is 11.5 Å². The van der Waals surface area contributed by atoms with Crippen molar-refractivity contribution in [1.82, 2.24) is 0 Å². The summed E-state index contributed by atoms with van der Waals surface area (Å²) < 4.78 is 11.5. The average molecular weight is 373 g/mol. The second-order valence-corrected chi connectivity index (χ2v) is 8.53. The maximum absolute atomic E-state index is 12.7. The van der Waals surface area contributed by atoms with Gasteiger partial charge in [-0.15, -0.1) is 0 Å². The number of fused-ring (bicyclic) bond motifs is 3. The molecule has 4 heteroatoms. The first kappa shape index (κ1) is 19.8. The molecular formula is C23H32O4. The number of benzene rings is 1. The van der Waals surface area contributed by atoms with Crippen LogP contribution in [-0.2, 0) is 11.2 Å². The van der Waals surface area contributed by atoms with Crippen molar-refractivity contribution in [2.45, 2.75) is 77.7 Å². The second-order valence-electron chi connectivity index (χ2n) is 8.53. The number of rotatable bonds is 5. The molecule has 0 amide bonds. The Labute approximate surface area is 162 Å². The van der Waals surface area contributed by atoms with Gasteiger partial charge >= 0.3 is 5.97 Å². The van der Waals surface area contributed by atoms with Gasteiger partial charge in [0.05, 0.1) is 7.11 Å². The predicted molar refractivity (Wildman–Crippen MR) is 107 cm³/mol. The van der Waals surface area contributed by atoms with E-state index in [1.165, 1.54) is 12.7 Å². The molecular weight excluding hydrogens is 340 g/mol. The van der Waals surface area contributed by atoms with Crippen LogP contribution in [0.25, 0.3) is 0 Å². The molecule has 0 unspecified atom stereocenters. The number of carbonyl (C=O) groups is 1. The van der Waals surface area contributed by atoms with Gasteiger partial charge in [-0.1, -0.05) is 31.4 Å². The molecule has 0 spiro atoms. The number of hydrogen-bond acceptors (Lipinski definition) is 4. The van der Waals surface area contributed by atoms with Gasteiger partial charge in [-0.2, -0.15) is 0 Å². The average Bonchev–Trinajstić information content (AvgIpc) is 2.60. The number of phenols is 1. The molecule has 27 heavy (non-hydrogen) atoms. The first-order chi connectivity index (χ1) is 12.8. The first-order valence-corrected chi connectivity index (χ1v) is 10.1. The fourth-order valence-electron chi connectivity index (χ4n) is 4.74. The highest BCUT2D eigenvalue weighted by molar-refractivity contribution is 5.95. The molecule has 0 aromatic heterocycles. The molecule has 4 nitrogen and oxygen atoms in total. The van der Waals surface area contributed by atoms with Crippen molar-refractivity contribution in [1.29, 1.82) is 0 Å². The van der Waals surface area contributed by atoms with Crippen LogP contribution >= 0.6 is 0 Å². The summed E-state index contributed by atoms with van der Waals surface area (Å²) in [5.41, 5.74) is 3.02. The van der Waals surface area contributed by atoms with Crippen molar-refractivity contribution in [2.75, 3.05) is 7.11 Å². The van der Waals surface area contributed by atoms with E-state index in [2.05, 4.69) is 33.8 Å². The summed E-state index contributed by atoms with van der Waals surface area (Å²) in [6.45, 7) is 8.46. The van der Waals surface area contributed by atoms with Gasteiger partial charge in [0, 0.05) is 17.4 Å². The molecule has 0 radical (unpaired) electrons. The zero-order valence-electron chi connectivity index (χ0n) is 17.2. The van der Waals surface area contributed by atoms with E-state index in [1.54, 1.807) is 6.07 Å². The molecule has 2 aliphatic rings. The largest absolute Gasteiger partial charge is 0.508 e. The van der Waals surface area contributed by atoms with Crippen LogP contribution in [-0.4, -0.2) is 23.8 Å². The summed E-state index contributed by atoms with van der Waals surface area (Å²) >= 11 is 0. The molecule has 1 aliphatic carbocycles. The van der Waals surface area contributed by atoms with Crippen molar-refractivity contribution in [3.8, 4) is 11.5 Å². The normalized spacial score (nSPS) is 22.9. The quantitative estimate of drug-likeness (QED) is 0.420. The molecule has 1 aromatic rings. The van der Waals surface area contributed by atoms with E-state index in [4.69, 9.17) is 9.47 Å². The number of methoxy groups -OCH3 is 1. The highest BCUT2D eigenvalue weighted by Gasteiger charge is 2.47. The number of phenolic OH excluding ortho intramolecular Hbond substituents is 1. The third kappa shape index (κ3) is 3.59. The van der Waals surface area contributed by atoms with E-state index in [0.717, 1.165) is 49.7 Å². The lowest BCUT2D eigenvalue weighted by atomic mass is 9.66. The minimum absolute atomic E-state index is 0.154. The number of allylic oxidation sites excluding steroid dienone is 2. The van der Waals surface area contributed by atoms with Crippen LogP contribution in [0.15, 0.2) is 17.7 Å². The number of hydrogen-bond donors (Lipinski definition) is 1. The lowest BCUT2D eigenvalue weighted by Crippen LogP contribution is -2.46. The topological polar surface area (TPSA) is 55.8 Å². The molecule has 0 fully saturated rings. The van der Waals surface area contributed by atoms with Gasteiger partial charge in [0.15, 0.2) is 0 Å².